The Bertz CT molecular complexity index is 595. The zero-order valence-electron chi connectivity index (χ0n) is 15.9. The molecule has 0 radical (unpaired) electrons. The van der Waals surface area contributed by atoms with Crippen molar-refractivity contribution in [3.8, 4) is 0 Å². The summed E-state index contributed by atoms with van der Waals surface area (Å²) in [5.74, 6) is 0.265. The maximum Gasteiger partial charge on any atom is 0.264 e. The molecule has 0 saturated carbocycles. The zero-order valence-corrected chi connectivity index (χ0v) is 16.7. The molecule has 2 aliphatic rings. The molecule has 2 amide bonds. The molecule has 1 N–H and O–H groups in total. The summed E-state index contributed by atoms with van der Waals surface area (Å²) in [6.07, 6.45) is 8.34. The monoisotopic (exact) mass is 377 g/mol. The lowest BCUT2D eigenvalue weighted by molar-refractivity contribution is -0.122. The van der Waals surface area contributed by atoms with Crippen LogP contribution in [0.3, 0.4) is 0 Å². The molecule has 6 heteroatoms. The summed E-state index contributed by atoms with van der Waals surface area (Å²) >= 11 is 1.71. The topological polar surface area (TPSA) is 52.7 Å². The van der Waals surface area contributed by atoms with Gasteiger partial charge in [-0.2, -0.15) is 0 Å². The number of hydrogen-bond donors (Lipinski definition) is 1. The third-order valence-electron chi connectivity index (χ3n) is 5.31. The number of nitrogens with one attached hydrogen (secondary N) is 1. The lowest BCUT2D eigenvalue weighted by atomic mass is 10.00. The van der Waals surface area contributed by atoms with E-state index in [1.165, 1.54) is 36.1 Å². The van der Waals surface area contributed by atoms with E-state index >= 15 is 0 Å². The summed E-state index contributed by atoms with van der Waals surface area (Å²) < 4.78 is 0. The van der Waals surface area contributed by atoms with Crippen LogP contribution in [-0.2, 0) is 17.6 Å². The molecule has 1 saturated heterocycles. The van der Waals surface area contributed by atoms with Gasteiger partial charge in [0.05, 0.1) is 11.4 Å². The SMILES string of the molecule is CCCNC(=O)CN1CCN(C(=O)c2cc3c(s2)CCCCCC3)CC1. The smallest absolute Gasteiger partial charge is 0.264 e. The van der Waals surface area contributed by atoms with Crippen molar-refractivity contribution in [3.63, 3.8) is 0 Å². The van der Waals surface area contributed by atoms with Crippen LogP contribution >= 0.6 is 11.3 Å². The molecule has 1 aromatic heterocycles. The molecule has 0 bridgehead atoms. The predicted octanol–water partition coefficient (Wildman–Crippen LogP) is 2.69. The first kappa shape index (κ1) is 19.4. The van der Waals surface area contributed by atoms with Crippen LogP contribution < -0.4 is 5.32 Å². The van der Waals surface area contributed by atoms with Gasteiger partial charge in [-0.1, -0.05) is 19.8 Å². The number of aryl methyl sites for hydroxylation is 2. The first-order chi connectivity index (χ1) is 12.7. The van der Waals surface area contributed by atoms with Crippen molar-refractivity contribution in [3.05, 3.63) is 21.4 Å². The highest BCUT2D eigenvalue weighted by atomic mass is 32.1. The molecule has 0 atom stereocenters. The Morgan fingerprint density at radius 1 is 1.08 bits per heavy atom. The van der Waals surface area contributed by atoms with Gasteiger partial charge in [0.25, 0.3) is 5.91 Å². The van der Waals surface area contributed by atoms with E-state index in [0.717, 1.165) is 43.8 Å². The minimum absolute atomic E-state index is 0.0877. The number of hydrogen-bond acceptors (Lipinski definition) is 4. The number of thiophene rings is 1. The van der Waals surface area contributed by atoms with E-state index in [1.54, 1.807) is 11.3 Å². The summed E-state index contributed by atoms with van der Waals surface area (Å²) in [5.41, 5.74) is 1.41. The first-order valence-electron chi connectivity index (χ1n) is 10.1. The maximum absolute atomic E-state index is 12.9. The molecule has 1 aliphatic heterocycles. The van der Waals surface area contributed by atoms with Crippen LogP contribution in [0.4, 0.5) is 0 Å². The number of fused-ring (bicyclic) bond motifs is 1. The third kappa shape index (κ3) is 5.07. The van der Waals surface area contributed by atoms with Crippen molar-refractivity contribution in [1.82, 2.24) is 15.1 Å². The van der Waals surface area contributed by atoms with Crippen LogP contribution in [0, 0.1) is 0 Å². The number of carbonyl (C=O) groups excluding carboxylic acids is 2. The van der Waals surface area contributed by atoms with E-state index in [9.17, 15) is 9.59 Å². The average molecular weight is 378 g/mol. The lowest BCUT2D eigenvalue weighted by Gasteiger charge is -2.34. The normalized spacial score (nSPS) is 18.7. The fourth-order valence-corrected chi connectivity index (χ4v) is 4.96. The van der Waals surface area contributed by atoms with Gasteiger partial charge in [0.1, 0.15) is 0 Å². The van der Waals surface area contributed by atoms with Gasteiger partial charge in [0, 0.05) is 37.6 Å². The Morgan fingerprint density at radius 2 is 1.81 bits per heavy atom. The summed E-state index contributed by atoms with van der Waals surface area (Å²) in [4.78, 5) is 31.2. The second-order valence-corrected chi connectivity index (χ2v) is 8.53. The largest absolute Gasteiger partial charge is 0.355 e. The molecule has 0 unspecified atom stereocenters. The van der Waals surface area contributed by atoms with E-state index in [2.05, 4.69) is 23.2 Å². The van der Waals surface area contributed by atoms with Crippen molar-refractivity contribution >= 4 is 23.2 Å². The quantitative estimate of drug-likeness (QED) is 0.858. The van der Waals surface area contributed by atoms with E-state index < -0.39 is 0 Å². The molecular weight excluding hydrogens is 346 g/mol. The summed E-state index contributed by atoms with van der Waals surface area (Å²) in [7, 11) is 0. The van der Waals surface area contributed by atoms with Crippen molar-refractivity contribution in [2.75, 3.05) is 39.3 Å². The second kappa shape index (κ2) is 9.51. The lowest BCUT2D eigenvalue weighted by Crippen LogP contribution is -2.51. The van der Waals surface area contributed by atoms with Gasteiger partial charge in [-0.3, -0.25) is 14.5 Å². The van der Waals surface area contributed by atoms with Gasteiger partial charge in [-0.25, -0.2) is 0 Å². The van der Waals surface area contributed by atoms with Gasteiger partial charge < -0.3 is 10.2 Å². The molecule has 144 valence electrons. The Hall–Kier alpha value is -1.40. The highest BCUT2D eigenvalue weighted by molar-refractivity contribution is 7.14. The molecule has 5 nitrogen and oxygen atoms in total. The van der Waals surface area contributed by atoms with Crippen LogP contribution in [0.2, 0.25) is 0 Å². The molecule has 3 rings (SSSR count). The van der Waals surface area contributed by atoms with E-state index in [1.807, 2.05) is 4.90 Å². The molecule has 2 heterocycles. The first-order valence-corrected chi connectivity index (χ1v) is 10.9. The third-order valence-corrected chi connectivity index (χ3v) is 6.53. The molecule has 26 heavy (non-hydrogen) atoms. The Morgan fingerprint density at radius 3 is 2.54 bits per heavy atom. The average Bonchev–Trinajstić information content (AvgIpc) is 3.02. The Kier molecular flexibility index (Phi) is 7.08. The standard InChI is InChI=1S/C20H31N3O2S/c1-2-9-21-19(24)15-22-10-12-23(13-11-22)20(25)18-14-16-7-5-3-4-6-8-17(16)26-18/h14H,2-13,15H2,1H3,(H,21,24). The summed E-state index contributed by atoms with van der Waals surface area (Å²) in [6.45, 7) is 6.20. The van der Waals surface area contributed by atoms with Crippen LogP contribution in [0.5, 0.6) is 0 Å². The number of rotatable bonds is 5. The van der Waals surface area contributed by atoms with Gasteiger partial charge in [-0.05, 0) is 43.7 Å². The molecule has 1 fully saturated rings. The Balaban J connectivity index is 1.52. The van der Waals surface area contributed by atoms with Gasteiger partial charge >= 0.3 is 0 Å². The second-order valence-electron chi connectivity index (χ2n) is 7.39. The minimum Gasteiger partial charge on any atom is -0.355 e. The van der Waals surface area contributed by atoms with Crippen molar-refractivity contribution in [2.45, 2.75) is 51.9 Å². The molecule has 1 aromatic rings. The summed E-state index contributed by atoms with van der Waals surface area (Å²) in [5, 5.41) is 2.92. The van der Waals surface area contributed by atoms with Gasteiger partial charge in [0.2, 0.25) is 5.91 Å². The number of amides is 2. The maximum atomic E-state index is 12.9. The van der Waals surface area contributed by atoms with Crippen molar-refractivity contribution < 1.29 is 9.59 Å². The van der Waals surface area contributed by atoms with Crippen molar-refractivity contribution in [1.29, 1.82) is 0 Å². The predicted molar refractivity (Wildman–Crippen MR) is 106 cm³/mol. The van der Waals surface area contributed by atoms with Gasteiger partial charge in [-0.15, -0.1) is 11.3 Å². The highest BCUT2D eigenvalue weighted by Gasteiger charge is 2.25. The van der Waals surface area contributed by atoms with Crippen LogP contribution in [0.25, 0.3) is 0 Å². The number of carbonyl (C=O) groups is 2. The molecular formula is C20H31N3O2S. The van der Waals surface area contributed by atoms with Crippen LogP contribution in [0.15, 0.2) is 6.07 Å². The highest BCUT2D eigenvalue weighted by Crippen LogP contribution is 2.29. The van der Waals surface area contributed by atoms with E-state index in [-0.39, 0.29) is 11.8 Å². The fourth-order valence-electron chi connectivity index (χ4n) is 3.74. The molecule has 0 aromatic carbocycles. The van der Waals surface area contributed by atoms with Crippen LogP contribution in [0.1, 0.15) is 59.1 Å². The van der Waals surface area contributed by atoms with Gasteiger partial charge in [0.15, 0.2) is 0 Å². The molecule has 1 aliphatic carbocycles. The number of nitrogens with zero attached hydrogens (tertiary/aromatic N) is 2. The fraction of sp³-hybridized carbons (Fsp3) is 0.700. The Labute approximate surface area is 160 Å². The van der Waals surface area contributed by atoms with Crippen LogP contribution in [-0.4, -0.2) is 60.9 Å². The van der Waals surface area contributed by atoms with Crippen molar-refractivity contribution in [2.24, 2.45) is 0 Å². The molecule has 0 spiro atoms. The number of piperazine rings is 1. The minimum atomic E-state index is 0.0877. The van der Waals surface area contributed by atoms with E-state index in [4.69, 9.17) is 0 Å². The summed E-state index contributed by atoms with van der Waals surface area (Å²) in [6, 6.07) is 2.15. The zero-order chi connectivity index (χ0) is 18.4. The van der Waals surface area contributed by atoms with E-state index in [0.29, 0.717) is 19.6 Å².